The fourth-order valence-electron chi connectivity index (χ4n) is 1.40. The molecule has 1 aromatic rings. The number of nitrogens with one attached hydrogen (secondary N) is 1. The van der Waals surface area contributed by atoms with Crippen LogP contribution in [0.3, 0.4) is 0 Å². The molecule has 0 saturated carbocycles. The summed E-state index contributed by atoms with van der Waals surface area (Å²) >= 11 is 1.60. The van der Waals surface area contributed by atoms with E-state index < -0.39 is 12.1 Å². The van der Waals surface area contributed by atoms with Gasteiger partial charge >= 0.3 is 5.97 Å². The highest BCUT2D eigenvalue weighted by Gasteiger charge is 2.18. The highest BCUT2D eigenvalue weighted by Crippen LogP contribution is 2.15. The Morgan fingerprint density at radius 1 is 1.32 bits per heavy atom. The van der Waals surface area contributed by atoms with Crippen molar-refractivity contribution in [3.8, 4) is 0 Å². The summed E-state index contributed by atoms with van der Waals surface area (Å²) in [6.07, 6.45) is 2.04. The summed E-state index contributed by atoms with van der Waals surface area (Å²) in [4.78, 5) is 24.5. The highest BCUT2D eigenvalue weighted by molar-refractivity contribution is 7.98. The number of thioether (sulfide) groups is 1. The standard InChI is InChI=1S/C14H19NO3S/c1-4-9-15-13(16)10(2)18-14(17)11-5-7-12(19-3)8-6-11/h5-8,10H,4,9H2,1-3H3,(H,15,16)/t10-/m1/s1. The lowest BCUT2D eigenvalue weighted by Crippen LogP contribution is -2.36. The topological polar surface area (TPSA) is 55.4 Å². The summed E-state index contributed by atoms with van der Waals surface area (Å²) in [7, 11) is 0. The van der Waals surface area contributed by atoms with Crippen LogP contribution in [0.2, 0.25) is 0 Å². The quantitative estimate of drug-likeness (QED) is 0.643. The lowest BCUT2D eigenvalue weighted by atomic mass is 10.2. The fraction of sp³-hybridized carbons (Fsp3) is 0.429. The molecule has 0 spiro atoms. The number of ether oxygens (including phenoxy) is 1. The zero-order valence-corrected chi connectivity index (χ0v) is 12.3. The Bertz CT molecular complexity index is 431. The van der Waals surface area contributed by atoms with Gasteiger partial charge in [0, 0.05) is 11.4 Å². The molecular formula is C14H19NO3S. The maximum absolute atomic E-state index is 11.8. The monoisotopic (exact) mass is 281 g/mol. The number of carbonyl (C=O) groups excluding carboxylic acids is 2. The van der Waals surface area contributed by atoms with E-state index in [1.165, 1.54) is 0 Å². The van der Waals surface area contributed by atoms with Crippen molar-refractivity contribution in [2.45, 2.75) is 31.3 Å². The normalized spacial score (nSPS) is 11.7. The number of esters is 1. The van der Waals surface area contributed by atoms with E-state index in [1.54, 1.807) is 30.8 Å². The van der Waals surface area contributed by atoms with Crippen LogP contribution in [0.15, 0.2) is 29.2 Å². The third kappa shape index (κ3) is 4.95. The fourth-order valence-corrected chi connectivity index (χ4v) is 1.81. The summed E-state index contributed by atoms with van der Waals surface area (Å²) in [5, 5.41) is 2.69. The molecule has 1 atom stereocenters. The molecule has 1 amide bonds. The zero-order chi connectivity index (χ0) is 14.3. The second-order valence-electron chi connectivity index (χ2n) is 4.07. The van der Waals surface area contributed by atoms with Crippen molar-refractivity contribution >= 4 is 23.6 Å². The molecule has 0 unspecified atom stereocenters. The lowest BCUT2D eigenvalue weighted by Gasteiger charge is -2.13. The predicted octanol–water partition coefficient (Wildman–Crippen LogP) is 2.48. The molecule has 0 aliphatic heterocycles. The van der Waals surface area contributed by atoms with Crippen LogP contribution in [0, 0.1) is 0 Å². The molecule has 0 saturated heterocycles. The van der Waals surface area contributed by atoms with Crippen LogP contribution in [0.25, 0.3) is 0 Å². The van der Waals surface area contributed by atoms with Crippen molar-refractivity contribution in [2.75, 3.05) is 12.8 Å². The number of hydrogen-bond acceptors (Lipinski definition) is 4. The van der Waals surface area contributed by atoms with Crippen LogP contribution in [-0.4, -0.2) is 30.8 Å². The van der Waals surface area contributed by atoms with Gasteiger partial charge in [-0.05, 0) is 43.9 Å². The van der Waals surface area contributed by atoms with Gasteiger partial charge in [-0.25, -0.2) is 4.79 Å². The highest BCUT2D eigenvalue weighted by atomic mass is 32.2. The van der Waals surface area contributed by atoms with E-state index in [0.717, 1.165) is 11.3 Å². The molecule has 0 fully saturated rings. The van der Waals surface area contributed by atoms with Gasteiger partial charge in [0.2, 0.25) is 0 Å². The van der Waals surface area contributed by atoms with Gasteiger partial charge in [-0.2, -0.15) is 0 Å². The molecule has 0 bridgehead atoms. The van der Waals surface area contributed by atoms with E-state index in [2.05, 4.69) is 5.32 Å². The van der Waals surface area contributed by atoms with Crippen LogP contribution < -0.4 is 5.32 Å². The molecule has 0 aliphatic rings. The molecule has 1 N–H and O–H groups in total. The minimum absolute atomic E-state index is 0.268. The van der Waals surface area contributed by atoms with Gasteiger partial charge < -0.3 is 10.1 Å². The van der Waals surface area contributed by atoms with E-state index >= 15 is 0 Å². The Kier molecular flexibility index (Phi) is 6.42. The molecule has 0 heterocycles. The molecule has 0 aliphatic carbocycles. The molecule has 19 heavy (non-hydrogen) atoms. The average molecular weight is 281 g/mol. The predicted molar refractivity (Wildman–Crippen MR) is 76.4 cm³/mol. The first-order valence-electron chi connectivity index (χ1n) is 6.21. The Morgan fingerprint density at radius 3 is 2.47 bits per heavy atom. The van der Waals surface area contributed by atoms with Gasteiger partial charge in [-0.1, -0.05) is 6.92 Å². The summed E-state index contributed by atoms with van der Waals surface area (Å²) in [5.74, 6) is -0.747. The zero-order valence-electron chi connectivity index (χ0n) is 11.4. The van der Waals surface area contributed by atoms with Crippen molar-refractivity contribution in [2.24, 2.45) is 0 Å². The van der Waals surface area contributed by atoms with E-state index in [1.807, 2.05) is 25.3 Å². The first-order valence-corrected chi connectivity index (χ1v) is 7.43. The molecule has 5 heteroatoms. The summed E-state index contributed by atoms with van der Waals surface area (Å²) < 4.78 is 5.11. The summed E-state index contributed by atoms with van der Waals surface area (Å²) in [5.41, 5.74) is 0.452. The SMILES string of the molecule is CCCNC(=O)[C@@H](C)OC(=O)c1ccc(SC)cc1. The minimum Gasteiger partial charge on any atom is -0.449 e. The van der Waals surface area contributed by atoms with Crippen molar-refractivity contribution in [1.29, 1.82) is 0 Å². The van der Waals surface area contributed by atoms with Crippen LogP contribution in [0.5, 0.6) is 0 Å². The molecule has 1 rings (SSSR count). The summed E-state index contributed by atoms with van der Waals surface area (Å²) in [6, 6.07) is 7.10. The van der Waals surface area contributed by atoms with Crippen molar-refractivity contribution in [1.82, 2.24) is 5.32 Å². The van der Waals surface area contributed by atoms with E-state index in [0.29, 0.717) is 12.1 Å². The Balaban J connectivity index is 2.55. The number of benzene rings is 1. The van der Waals surface area contributed by atoms with Gasteiger partial charge in [0.25, 0.3) is 5.91 Å². The van der Waals surface area contributed by atoms with Crippen molar-refractivity contribution in [3.63, 3.8) is 0 Å². The smallest absolute Gasteiger partial charge is 0.338 e. The molecule has 4 nitrogen and oxygen atoms in total. The molecule has 0 radical (unpaired) electrons. The second-order valence-corrected chi connectivity index (χ2v) is 4.95. The Morgan fingerprint density at radius 2 is 1.95 bits per heavy atom. The third-order valence-electron chi connectivity index (χ3n) is 2.53. The van der Waals surface area contributed by atoms with Gasteiger partial charge in [-0.3, -0.25) is 4.79 Å². The molecular weight excluding hydrogens is 262 g/mol. The minimum atomic E-state index is -0.778. The van der Waals surface area contributed by atoms with Crippen LogP contribution in [0.1, 0.15) is 30.6 Å². The first kappa shape index (κ1) is 15.6. The van der Waals surface area contributed by atoms with E-state index in [9.17, 15) is 9.59 Å². The Labute approximate surface area is 117 Å². The lowest BCUT2D eigenvalue weighted by molar-refractivity contribution is -0.129. The Hall–Kier alpha value is -1.49. The van der Waals surface area contributed by atoms with Gasteiger partial charge in [0.05, 0.1) is 5.56 Å². The second kappa shape index (κ2) is 7.84. The number of amides is 1. The van der Waals surface area contributed by atoms with E-state index in [-0.39, 0.29) is 5.91 Å². The van der Waals surface area contributed by atoms with Crippen molar-refractivity contribution < 1.29 is 14.3 Å². The van der Waals surface area contributed by atoms with Gasteiger partial charge in [-0.15, -0.1) is 11.8 Å². The number of carbonyl (C=O) groups is 2. The molecule has 104 valence electrons. The molecule has 1 aromatic carbocycles. The number of rotatable bonds is 6. The maximum Gasteiger partial charge on any atom is 0.338 e. The van der Waals surface area contributed by atoms with Crippen LogP contribution >= 0.6 is 11.8 Å². The van der Waals surface area contributed by atoms with Crippen LogP contribution in [0.4, 0.5) is 0 Å². The third-order valence-corrected chi connectivity index (χ3v) is 3.27. The van der Waals surface area contributed by atoms with Gasteiger partial charge in [0.15, 0.2) is 6.10 Å². The maximum atomic E-state index is 11.8. The first-order chi connectivity index (χ1) is 9.08. The molecule has 0 aromatic heterocycles. The largest absolute Gasteiger partial charge is 0.449 e. The van der Waals surface area contributed by atoms with Crippen molar-refractivity contribution in [3.05, 3.63) is 29.8 Å². The average Bonchev–Trinajstić information content (AvgIpc) is 2.44. The van der Waals surface area contributed by atoms with E-state index in [4.69, 9.17) is 4.74 Å². The van der Waals surface area contributed by atoms with Crippen LogP contribution in [-0.2, 0) is 9.53 Å². The summed E-state index contributed by atoms with van der Waals surface area (Å²) in [6.45, 7) is 4.12. The number of hydrogen-bond donors (Lipinski definition) is 1. The van der Waals surface area contributed by atoms with Gasteiger partial charge in [0.1, 0.15) is 0 Å².